The van der Waals surface area contributed by atoms with E-state index in [1.807, 2.05) is 35.2 Å². The normalized spacial score (nSPS) is 10.3. The largest absolute Gasteiger partial charge is 0.341 e. The molecule has 22 heavy (non-hydrogen) atoms. The van der Waals surface area contributed by atoms with Crippen LogP contribution in [0.4, 0.5) is 5.95 Å². The minimum Gasteiger partial charge on any atom is -0.341 e. The predicted molar refractivity (Wildman–Crippen MR) is 87.8 cm³/mol. The van der Waals surface area contributed by atoms with Crippen molar-refractivity contribution in [2.45, 2.75) is 20.4 Å². The van der Waals surface area contributed by atoms with Crippen LogP contribution in [0.1, 0.15) is 29.8 Å². The van der Waals surface area contributed by atoms with Crippen LogP contribution in [0.15, 0.2) is 42.7 Å². The van der Waals surface area contributed by atoms with Crippen LogP contribution in [0.3, 0.4) is 0 Å². The lowest BCUT2D eigenvalue weighted by molar-refractivity contribution is 0.0784. The average molecular weight is 298 g/mol. The van der Waals surface area contributed by atoms with E-state index >= 15 is 0 Å². The van der Waals surface area contributed by atoms with Gasteiger partial charge >= 0.3 is 0 Å². The minimum absolute atomic E-state index is 0.0741. The quantitative estimate of drug-likeness (QED) is 0.822. The topological polar surface area (TPSA) is 49.3 Å². The van der Waals surface area contributed by atoms with Gasteiger partial charge in [0, 0.05) is 39.1 Å². The highest BCUT2D eigenvalue weighted by Crippen LogP contribution is 2.10. The molecule has 0 fully saturated rings. The number of amides is 1. The number of hydrogen-bond donors (Lipinski definition) is 0. The molecule has 0 saturated heterocycles. The van der Waals surface area contributed by atoms with E-state index in [1.54, 1.807) is 24.3 Å². The van der Waals surface area contributed by atoms with E-state index in [0.717, 1.165) is 18.7 Å². The maximum absolute atomic E-state index is 12.4. The third-order valence-electron chi connectivity index (χ3n) is 3.54. The molecule has 0 aliphatic carbocycles. The molecule has 0 aliphatic heterocycles. The van der Waals surface area contributed by atoms with Crippen molar-refractivity contribution in [1.82, 2.24) is 14.9 Å². The highest BCUT2D eigenvalue weighted by Gasteiger charge is 2.14. The number of aromatic nitrogens is 2. The van der Waals surface area contributed by atoms with Gasteiger partial charge in [0.15, 0.2) is 0 Å². The summed E-state index contributed by atoms with van der Waals surface area (Å²) in [5.74, 6) is 0.585. The smallest absolute Gasteiger partial charge is 0.257 e. The second-order valence-electron chi connectivity index (χ2n) is 5.09. The van der Waals surface area contributed by atoms with Gasteiger partial charge in [0.25, 0.3) is 5.91 Å². The van der Waals surface area contributed by atoms with E-state index in [2.05, 4.69) is 23.8 Å². The summed E-state index contributed by atoms with van der Waals surface area (Å²) >= 11 is 0. The predicted octanol–water partition coefficient (Wildman–Crippen LogP) is 2.60. The number of hydrogen-bond acceptors (Lipinski definition) is 4. The molecule has 0 radical (unpaired) electrons. The SMILES string of the molecule is CCN(CC)c1ncc(C(=O)N(C)Cc2ccccc2)cn1. The molecule has 0 saturated carbocycles. The summed E-state index contributed by atoms with van der Waals surface area (Å²) in [5.41, 5.74) is 1.60. The Kier molecular flexibility index (Phi) is 5.47. The molecule has 0 spiro atoms. The van der Waals surface area contributed by atoms with Gasteiger partial charge in [-0.25, -0.2) is 9.97 Å². The lowest BCUT2D eigenvalue weighted by Crippen LogP contribution is -2.27. The Hall–Kier alpha value is -2.43. The van der Waals surface area contributed by atoms with E-state index < -0.39 is 0 Å². The second kappa shape index (κ2) is 7.54. The molecule has 1 amide bonds. The first-order valence-corrected chi connectivity index (χ1v) is 7.52. The summed E-state index contributed by atoms with van der Waals surface area (Å²) in [6.45, 7) is 6.37. The van der Waals surface area contributed by atoms with Crippen molar-refractivity contribution in [3.63, 3.8) is 0 Å². The van der Waals surface area contributed by atoms with Gasteiger partial charge in [-0.2, -0.15) is 0 Å². The summed E-state index contributed by atoms with van der Waals surface area (Å²) in [4.78, 5) is 24.7. The molecule has 5 nitrogen and oxygen atoms in total. The Bertz CT molecular complexity index is 594. The Labute approximate surface area is 131 Å². The first-order chi connectivity index (χ1) is 10.7. The summed E-state index contributed by atoms with van der Waals surface area (Å²) in [6.07, 6.45) is 3.20. The monoisotopic (exact) mass is 298 g/mol. The van der Waals surface area contributed by atoms with Crippen LogP contribution in [-0.2, 0) is 6.54 Å². The molecular formula is C17H22N4O. The summed E-state index contributed by atoms with van der Waals surface area (Å²) in [5, 5.41) is 0. The number of rotatable bonds is 6. The summed E-state index contributed by atoms with van der Waals surface area (Å²) in [7, 11) is 1.79. The van der Waals surface area contributed by atoms with Crippen molar-refractivity contribution in [3.8, 4) is 0 Å². The molecule has 0 N–H and O–H groups in total. The first kappa shape index (κ1) is 15.9. The molecule has 0 aliphatic rings. The van der Waals surface area contributed by atoms with Gasteiger partial charge < -0.3 is 9.80 Å². The lowest BCUT2D eigenvalue weighted by atomic mass is 10.2. The van der Waals surface area contributed by atoms with Crippen molar-refractivity contribution < 1.29 is 4.79 Å². The molecular weight excluding hydrogens is 276 g/mol. The van der Waals surface area contributed by atoms with Crippen LogP contribution in [0.25, 0.3) is 0 Å². The maximum atomic E-state index is 12.4. The van der Waals surface area contributed by atoms with Crippen LogP contribution in [0.2, 0.25) is 0 Å². The molecule has 1 heterocycles. The molecule has 1 aromatic carbocycles. The fourth-order valence-corrected chi connectivity index (χ4v) is 2.25. The van der Waals surface area contributed by atoms with Crippen molar-refractivity contribution in [3.05, 3.63) is 53.9 Å². The number of carbonyl (C=O) groups excluding carboxylic acids is 1. The van der Waals surface area contributed by atoms with E-state index in [4.69, 9.17) is 0 Å². The van der Waals surface area contributed by atoms with Gasteiger partial charge in [-0.1, -0.05) is 30.3 Å². The molecule has 2 aromatic rings. The van der Waals surface area contributed by atoms with Crippen LogP contribution < -0.4 is 4.90 Å². The fraction of sp³-hybridized carbons (Fsp3) is 0.353. The average Bonchev–Trinajstić information content (AvgIpc) is 2.57. The molecule has 5 heteroatoms. The standard InChI is InChI=1S/C17H22N4O/c1-4-21(5-2)17-18-11-15(12-19-17)16(22)20(3)13-14-9-7-6-8-10-14/h6-12H,4-5,13H2,1-3H3. The summed E-state index contributed by atoms with van der Waals surface area (Å²) in [6, 6.07) is 9.91. The van der Waals surface area contributed by atoms with E-state index in [1.165, 1.54) is 0 Å². The third-order valence-corrected chi connectivity index (χ3v) is 3.54. The van der Waals surface area contributed by atoms with E-state index in [0.29, 0.717) is 18.1 Å². The van der Waals surface area contributed by atoms with Crippen molar-refractivity contribution >= 4 is 11.9 Å². The van der Waals surface area contributed by atoms with Crippen molar-refractivity contribution in [2.24, 2.45) is 0 Å². The van der Waals surface area contributed by atoms with Crippen molar-refractivity contribution in [1.29, 1.82) is 0 Å². The Morgan fingerprint density at radius 2 is 1.64 bits per heavy atom. The number of benzene rings is 1. The van der Waals surface area contributed by atoms with Gasteiger partial charge in [-0.15, -0.1) is 0 Å². The van der Waals surface area contributed by atoms with Gasteiger partial charge in [0.1, 0.15) is 0 Å². The lowest BCUT2D eigenvalue weighted by Gasteiger charge is -2.19. The fourth-order valence-electron chi connectivity index (χ4n) is 2.25. The molecule has 0 atom stereocenters. The van der Waals surface area contributed by atoms with Gasteiger partial charge in [0.2, 0.25) is 5.95 Å². The molecule has 1 aromatic heterocycles. The maximum Gasteiger partial charge on any atom is 0.257 e. The Balaban J connectivity index is 2.06. The highest BCUT2D eigenvalue weighted by molar-refractivity contribution is 5.93. The summed E-state index contributed by atoms with van der Waals surface area (Å²) < 4.78 is 0. The minimum atomic E-state index is -0.0741. The second-order valence-corrected chi connectivity index (χ2v) is 5.09. The number of nitrogens with zero attached hydrogens (tertiary/aromatic N) is 4. The molecule has 0 unspecified atom stereocenters. The van der Waals surface area contributed by atoms with Gasteiger partial charge in [0.05, 0.1) is 5.56 Å². The van der Waals surface area contributed by atoms with Gasteiger partial charge in [-0.05, 0) is 19.4 Å². The third kappa shape index (κ3) is 3.81. The molecule has 0 bridgehead atoms. The Morgan fingerprint density at radius 3 is 2.18 bits per heavy atom. The van der Waals surface area contributed by atoms with Crippen LogP contribution in [0.5, 0.6) is 0 Å². The highest BCUT2D eigenvalue weighted by atomic mass is 16.2. The Morgan fingerprint density at radius 1 is 1.05 bits per heavy atom. The zero-order chi connectivity index (χ0) is 15.9. The molecule has 116 valence electrons. The molecule has 2 rings (SSSR count). The van der Waals surface area contributed by atoms with Gasteiger partial charge in [-0.3, -0.25) is 4.79 Å². The van der Waals surface area contributed by atoms with Crippen LogP contribution >= 0.6 is 0 Å². The van der Waals surface area contributed by atoms with E-state index in [9.17, 15) is 4.79 Å². The van der Waals surface area contributed by atoms with Crippen LogP contribution in [0, 0.1) is 0 Å². The van der Waals surface area contributed by atoms with Crippen molar-refractivity contribution in [2.75, 3.05) is 25.0 Å². The number of carbonyl (C=O) groups is 1. The first-order valence-electron chi connectivity index (χ1n) is 7.52. The van der Waals surface area contributed by atoms with Crippen LogP contribution in [-0.4, -0.2) is 40.9 Å². The zero-order valence-corrected chi connectivity index (χ0v) is 13.4. The number of anilines is 1. The van der Waals surface area contributed by atoms with E-state index in [-0.39, 0.29) is 5.91 Å². The zero-order valence-electron chi connectivity index (χ0n) is 13.4.